The first-order valence-corrected chi connectivity index (χ1v) is 7.62. The Morgan fingerprint density at radius 2 is 1.90 bits per heavy atom. The Kier molecular flexibility index (Phi) is 3.99. The van der Waals surface area contributed by atoms with Gasteiger partial charge in [0.1, 0.15) is 0 Å². The lowest BCUT2D eigenvalue weighted by Crippen LogP contribution is -2.01. The number of nitrogens with zero attached hydrogens (tertiary/aromatic N) is 1. The summed E-state index contributed by atoms with van der Waals surface area (Å²) in [5, 5.41) is 5.07. The van der Waals surface area contributed by atoms with Gasteiger partial charge in [0.2, 0.25) is 0 Å². The van der Waals surface area contributed by atoms with Gasteiger partial charge in [-0.2, -0.15) is 0 Å². The van der Waals surface area contributed by atoms with Crippen LogP contribution in [0.5, 0.6) is 0 Å². The van der Waals surface area contributed by atoms with Crippen molar-refractivity contribution < 1.29 is 0 Å². The van der Waals surface area contributed by atoms with Crippen LogP contribution in [-0.2, 0) is 6.54 Å². The molecule has 0 aliphatic carbocycles. The first-order valence-electron chi connectivity index (χ1n) is 6.45. The molecule has 5 heteroatoms. The summed E-state index contributed by atoms with van der Waals surface area (Å²) >= 11 is 9.31. The van der Waals surface area contributed by atoms with Gasteiger partial charge in [-0.05, 0) is 51.8 Å². The quantitative estimate of drug-likeness (QED) is 0.655. The molecule has 106 valence electrons. The number of nitrogens with two attached hydrogens (primary N) is 1. The van der Waals surface area contributed by atoms with Crippen LogP contribution in [0.4, 0.5) is 11.4 Å². The molecule has 3 N–H and O–H groups in total. The van der Waals surface area contributed by atoms with Gasteiger partial charge in [0.05, 0.1) is 11.2 Å². The molecule has 3 nitrogen and oxygen atoms in total. The summed E-state index contributed by atoms with van der Waals surface area (Å²) in [6.07, 6.45) is 1.77. The molecule has 0 bridgehead atoms. The molecule has 21 heavy (non-hydrogen) atoms. The summed E-state index contributed by atoms with van der Waals surface area (Å²) < 4.78 is 0.913. The second kappa shape index (κ2) is 5.92. The number of hydrogen-bond acceptors (Lipinski definition) is 3. The van der Waals surface area contributed by atoms with Crippen molar-refractivity contribution >= 4 is 49.8 Å². The fourth-order valence-electron chi connectivity index (χ4n) is 2.16. The molecule has 0 spiro atoms. The summed E-state index contributed by atoms with van der Waals surface area (Å²) in [6.45, 7) is 0.702. The number of fused-ring (bicyclic) bond motifs is 1. The number of nitrogen functional groups attached to an aromatic ring is 1. The SMILES string of the molecule is Nc1ccc(NCc2ccc(Cl)cc2)c2ncc(Br)cc12. The Hall–Kier alpha value is -1.78. The molecule has 0 unspecified atom stereocenters. The topological polar surface area (TPSA) is 50.9 Å². The van der Waals surface area contributed by atoms with E-state index in [1.807, 2.05) is 42.5 Å². The summed E-state index contributed by atoms with van der Waals surface area (Å²) in [5.74, 6) is 0. The van der Waals surface area contributed by atoms with E-state index in [0.717, 1.165) is 37.3 Å². The minimum atomic E-state index is 0.702. The second-order valence-electron chi connectivity index (χ2n) is 4.73. The lowest BCUT2D eigenvalue weighted by Gasteiger charge is -2.11. The van der Waals surface area contributed by atoms with Gasteiger partial charge in [0, 0.05) is 33.3 Å². The van der Waals surface area contributed by atoms with Gasteiger partial charge >= 0.3 is 0 Å². The third kappa shape index (κ3) is 3.12. The molecular formula is C16H13BrClN3. The molecule has 0 atom stereocenters. The molecule has 0 fully saturated rings. The first-order chi connectivity index (χ1) is 10.1. The van der Waals surface area contributed by atoms with Crippen molar-refractivity contribution in [2.75, 3.05) is 11.1 Å². The predicted molar refractivity (Wildman–Crippen MR) is 92.6 cm³/mol. The van der Waals surface area contributed by atoms with Crippen molar-refractivity contribution in [1.82, 2.24) is 4.98 Å². The Balaban J connectivity index is 1.90. The van der Waals surface area contributed by atoms with Crippen LogP contribution >= 0.6 is 27.5 Å². The molecule has 0 saturated carbocycles. The Morgan fingerprint density at radius 3 is 2.67 bits per heavy atom. The minimum Gasteiger partial charge on any atom is -0.398 e. The number of hydrogen-bond donors (Lipinski definition) is 2. The van der Waals surface area contributed by atoms with Crippen LogP contribution in [0.15, 0.2) is 53.1 Å². The van der Waals surface area contributed by atoms with Crippen molar-refractivity contribution in [2.24, 2.45) is 0 Å². The Bertz CT molecular complexity index is 787. The number of anilines is 2. The Morgan fingerprint density at radius 1 is 1.14 bits per heavy atom. The van der Waals surface area contributed by atoms with Crippen LogP contribution in [0, 0.1) is 0 Å². The highest BCUT2D eigenvalue weighted by Gasteiger charge is 2.06. The van der Waals surface area contributed by atoms with Crippen molar-refractivity contribution in [3.63, 3.8) is 0 Å². The number of aromatic nitrogens is 1. The largest absolute Gasteiger partial charge is 0.398 e. The first kappa shape index (κ1) is 14.2. The summed E-state index contributed by atoms with van der Waals surface area (Å²) in [6, 6.07) is 13.6. The number of halogens is 2. The van der Waals surface area contributed by atoms with Crippen LogP contribution in [0.1, 0.15) is 5.56 Å². The lowest BCUT2D eigenvalue weighted by molar-refractivity contribution is 1.15. The average molecular weight is 363 g/mol. The molecular weight excluding hydrogens is 350 g/mol. The van der Waals surface area contributed by atoms with E-state index in [1.54, 1.807) is 6.20 Å². The zero-order valence-electron chi connectivity index (χ0n) is 11.1. The van der Waals surface area contributed by atoms with Gasteiger partial charge in [0.25, 0.3) is 0 Å². The molecule has 0 aliphatic rings. The summed E-state index contributed by atoms with van der Waals surface area (Å²) in [7, 11) is 0. The number of nitrogens with one attached hydrogen (secondary N) is 1. The maximum atomic E-state index is 6.01. The molecule has 0 radical (unpaired) electrons. The van der Waals surface area contributed by atoms with E-state index < -0.39 is 0 Å². The highest BCUT2D eigenvalue weighted by molar-refractivity contribution is 9.10. The molecule has 0 amide bonds. The minimum absolute atomic E-state index is 0.702. The molecule has 3 aromatic rings. The standard InChI is InChI=1S/C16H13BrClN3/c17-11-7-13-14(19)5-6-15(16(13)21-9-11)20-8-10-1-3-12(18)4-2-10/h1-7,9,20H,8,19H2. The van der Waals surface area contributed by atoms with Crippen molar-refractivity contribution in [3.8, 4) is 0 Å². The van der Waals surface area contributed by atoms with E-state index in [2.05, 4.69) is 26.2 Å². The predicted octanol–water partition coefficient (Wildman–Crippen LogP) is 4.85. The maximum absolute atomic E-state index is 6.01. The van der Waals surface area contributed by atoms with Crippen LogP contribution < -0.4 is 11.1 Å². The van der Waals surface area contributed by atoms with Gasteiger partial charge < -0.3 is 11.1 Å². The lowest BCUT2D eigenvalue weighted by atomic mass is 10.1. The van der Waals surface area contributed by atoms with E-state index in [0.29, 0.717) is 6.54 Å². The summed E-state index contributed by atoms with van der Waals surface area (Å²) in [5.41, 5.74) is 9.71. The normalized spacial score (nSPS) is 10.8. The van der Waals surface area contributed by atoms with Gasteiger partial charge in [-0.3, -0.25) is 4.98 Å². The maximum Gasteiger partial charge on any atom is 0.0954 e. The second-order valence-corrected chi connectivity index (χ2v) is 6.08. The van der Waals surface area contributed by atoms with Crippen molar-refractivity contribution in [2.45, 2.75) is 6.54 Å². The molecule has 1 aromatic heterocycles. The zero-order chi connectivity index (χ0) is 14.8. The van der Waals surface area contributed by atoms with Crippen molar-refractivity contribution in [1.29, 1.82) is 0 Å². The zero-order valence-corrected chi connectivity index (χ0v) is 13.4. The third-order valence-corrected chi connectivity index (χ3v) is 3.93. The molecule has 0 saturated heterocycles. The summed E-state index contributed by atoms with van der Waals surface area (Å²) in [4.78, 5) is 4.46. The van der Waals surface area contributed by atoms with Crippen LogP contribution in [0.2, 0.25) is 5.02 Å². The highest BCUT2D eigenvalue weighted by Crippen LogP contribution is 2.29. The number of rotatable bonds is 3. The van der Waals surface area contributed by atoms with Gasteiger partial charge in [-0.15, -0.1) is 0 Å². The monoisotopic (exact) mass is 361 g/mol. The number of pyridine rings is 1. The smallest absolute Gasteiger partial charge is 0.0954 e. The van der Waals surface area contributed by atoms with E-state index in [-0.39, 0.29) is 0 Å². The van der Waals surface area contributed by atoms with E-state index in [9.17, 15) is 0 Å². The third-order valence-electron chi connectivity index (χ3n) is 3.25. The van der Waals surface area contributed by atoms with E-state index >= 15 is 0 Å². The number of benzene rings is 2. The van der Waals surface area contributed by atoms with Gasteiger partial charge in [0.15, 0.2) is 0 Å². The molecule has 0 aliphatic heterocycles. The van der Waals surface area contributed by atoms with Gasteiger partial charge in [-0.25, -0.2) is 0 Å². The van der Waals surface area contributed by atoms with Crippen LogP contribution in [0.3, 0.4) is 0 Å². The van der Waals surface area contributed by atoms with Crippen LogP contribution in [-0.4, -0.2) is 4.98 Å². The highest BCUT2D eigenvalue weighted by atomic mass is 79.9. The fourth-order valence-corrected chi connectivity index (χ4v) is 2.62. The fraction of sp³-hybridized carbons (Fsp3) is 0.0625. The van der Waals surface area contributed by atoms with Crippen molar-refractivity contribution in [3.05, 3.63) is 63.7 Å². The van der Waals surface area contributed by atoms with E-state index in [4.69, 9.17) is 17.3 Å². The molecule has 2 aromatic carbocycles. The average Bonchev–Trinajstić information content (AvgIpc) is 2.49. The van der Waals surface area contributed by atoms with Crippen LogP contribution in [0.25, 0.3) is 10.9 Å². The molecule has 1 heterocycles. The Labute approximate surface area is 136 Å². The molecule has 3 rings (SSSR count). The van der Waals surface area contributed by atoms with E-state index in [1.165, 1.54) is 0 Å². The van der Waals surface area contributed by atoms with Gasteiger partial charge in [-0.1, -0.05) is 23.7 Å².